The Morgan fingerprint density at radius 3 is 2.08 bits per heavy atom. The van der Waals surface area contributed by atoms with Crippen molar-refractivity contribution in [2.24, 2.45) is 22.5 Å². The third kappa shape index (κ3) is 1.03. The molecule has 0 spiro atoms. The Labute approximate surface area is 81.5 Å². The molecular weight excluding hydrogens is 170 g/mol. The fraction of sp³-hybridized carbons (Fsp3) is 1.00. The van der Waals surface area contributed by atoms with Gasteiger partial charge in [0.05, 0.1) is 0 Å². The van der Waals surface area contributed by atoms with Gasteiger partial charge in [-0.3, -0.25) is 0 Å². The molecule has 2 aliphatic carbocycles. The molecule has 2 heteroatoms. The normalized spacial score (nSPS) is 49.0. The van der Waals surface area contributed by atoms with Crippen molar-refractivity contribution in [3.05, 3.63) is 0 Å². The van der Waals surface area contributed by atoms with E-state index < -0.39 is 0 Å². The highest BCUT2D eigenvalue weighted by Crippen LogP contribution is 2.61. The zero-order valence-corrected chi connectivity index (χ0v) is 9.08. The van der Waals surface area contributed by atoms with Crippen LogP contribution < -0.4 is 5.73 Å². The summed E-state index contributed by atoms with van der Waals surface area (Å²) in [6, 6.07) is 0.439. The van der Waals surface area contributed by atoms with Crippen LogP contribution in [0.25, 0.3) is 0 Å². The van der Waals surface area contributed by atoms with Gasteiger partial charge in [-0.05, 0) is 36.0 Å². The highest BCUT2D eigenvalue weighted by atomic mass is 35.5. The summed E-state index contributed by atoms with van der Waals surface area (Å²) in [5, 5.41) is 0. The van der Waals surface area contributed by atoms with E-state index in [-0.39, 0.29) is 12.4 Å². The molecule has 3 atom stereocenters. The SMILES string of the molecule is CC1(C)C(N)[C@@]2(C)CC[C@@H]1C2.Cl. The van der Waals surface area contributed by atoms with Crippen LogP contribution in [0.5, 0.6) is 0 Å². The van der Waals surface area contributed by atoms with Gasteiger partial charge in [0.2, 0.25) is 0 Å². The van der Waals surface area contributed by atoms with Gasteiger partial charge >= 0.3 is 0 Å². The molecule has 1 nitrogen and oxygen atoms in total. The first kappa shape index (κ1) is 10.3. The molecule has 0 aromatic carbocycles. The van der Waals surface area contributed by atoms with Gasteiger partial charge in [-0.1, -0.05) is 20.8 Å². The average Bonchev–Trinajstić information content (AvgIpc) is 2.36. The molecule has 72 valence electrons. The topological polar surface area (TPSA) is 26.0 Å². The predicted molar refractivity (Wildman–Crippen MR) is 54.5 cm³/mol. The molecule has 0 aromatic heterocycles. The standard InChI is InChI=1S/C10H19N.ClH/c1-9(2)7-4-5-10(3,6-7)8(9)11;/h7-8H,4-6,11H2,1-3H3;1H/t7-,8?,10+;/m1./s1. The lowest BCUT2D eigenvalue weighted by molar-refractivity contribution is 0.141. The smallest absolute Gasteiger partial charge is 0.0147 e. The van der Waals surface area contributed by atoms with E-state index in [9.17, 15) is 0 Å². The third-order valence-electron chi connectivity index (χ3n) is 4.38. The fourth-order valence-electron chi connectivity index (χ4n) is 3.34. The number of rotatable bonds is 0. The van der Waals surface area contributed by atoms with E-state index in [1.165, 1.54) is 19.3 Å². The van der Waals surface area contributed by atoms with Crippen molar-refractivity contribution in [3.8, 4) is 0 Å². The first-order valence-electron chi connectivity index (χ1n) is 4.72. The van der Waals surface area contributed by atoms with Crippen LogP contribution in [0.3, 0.4) is 0 Å². The molecular formula is C10H20ClN. The molecule has 0 heterocycles. The van der Waals surface area contributed by atoms with Crippen molar-refractivity contribution >= 4 is 12.4 Å². The third-order valence-corrected chi connectivity index (χ3v) is 4.38. The predicted octanol–water partition coefficient (Wildman–Crippen LogP) is 2.58. The van der Waals surface area contributed by atoms with Crippen LogP contribution in [0.15, 0.2) is 0 Å². The van der Waals surface area contributed by atoms with Crippen molar-refractivity contribution in [1.82, 2.24) is 0 Å². The van der Waals surface area contributed by atoms with Crippen molar-refractivity contribution in [1.29, 1.82) is 0 Å². The molecule has 0 aromatic rings. The maximum Gasteiger partial charge on any atom is 0.0147 e. The van der Waals surface area contributed by atoms with Gasteiger partial charge in [0.1, 0.15) is 0 Å². The summed E-state index contributed by atoms with van der Waals surface area (Å²) in [6.45, 7) is 7.05. The lowest BCUT2D eigenvalue weighted by Crippen LogP contribution is -2.46. The second-order valence-electron chi connectivity index (χ2n) is 5.39. The molecule has 12 heavy (non-hydrogen) atoms. The van der Waals surface area contributed by atoms with Gasteiger partial charge in [-0.2, -0.15) is 0 Å². The van der Waals surface area contributed by atoms with Crippen LogP contribution in [0.1, 0.15) is 40.0 Å². The van der Waals surface area contributed by atoms with Gasteiger partial charge in [0.25, 0.3) is 0 Å². The number of halogens is 1. The number of hydrogen-bond acceptors (Lipinski definition) is 1. The second-order valence-corrected chi connectivity index (χ2v) is 5.39. The molecule has 0 radical (unpaired) electrons. The minimum Gasteiger partial charge on any atom is -0.327 e. The minimum atomic E-state index is 0. The quantitative estimate of drug-likeness (QED) is 0.623. The Kier molecular flexibility index (Phi) is 2.25. The summed E-state index contributed by atoms with van der Waals surface area (Å²) in [5.74, 6) is 0.905. The maximum absolute atomic E-state index is 6.23. The van der Waals surface area contributed by atoms with Crippen LogP contribution in [0, 0.1) is 16.7 Å². The van der Waals surface area contributed by atoms with Crippen LogP contribution in [0.2, 0.25) is 0 Å². The lowest BCUT2D eigenvalue weighted by Gasteiger charge is -2.40. The maximum atomic E-state index is 6.23. The summed E-state index contributed by atoms with van der Waals surface area (Å²) in [5.41, 5.74) is 7.12. The fourth-order valence-corrected chi connectivity index (χ4v) is 3.34. The molecule has 0 amide bonds. The van der Waals surface area contributed by atoms with E-state index in [2.05, 4.69) is 20.8 Å². The second kappa shape index (κ2) is 2.62. The van der Waals surface area contributed by atoms with Crippen LogP contribution in [-0.2, 0) is 0 Å². The largest absolute Gasteiger partial charge is 0.327 e. The molecule has 0 saturated heterocycles. The van der Waals surface area contributed by atoms with Crippen molar-refractivity contribution in [2.75, 3.05) is 0 Å². The van der Waals surface area contributed by atoms with Crippen molar-refractivity contribution < 1.29 is 0 Å². The zero-order valence-electron chi connectivity index (χ0n) is 8.26. The Bertz CT molecular complexity index is 186. The summed E-state index contributed by atoms with van der Waals surface area (Å²) in [6.07, 6.45) is 4.15. The van der Waals surface area contributed by atoms with Crippen molar-refractivity contribution in [3.63, 3.8) is 0 Å². The summed E-state index contributed by atoms with van der Waals surface area (Å²) >= 11 is 0. The first-order chi connectivity index (χ1) is 4.97. The van der Waals surface area contributed by atoms with E-state index in [4.69, 9.17) is 5.73 Å². The van der Waals surface area contributed by atoms with Crippen LogP contribution in [0.4, 0.5) is 0 Å². The number of hydrogen-bond donors (Lipinski definition) is 1. The molecule has 2 fully saturated rings. The Morgan fingerprint density at radius 2 is 1.83 bits per heavy atom. The summed E-state index contributed by atoms with van der Waals surface area (Å²) in [4.78, 5) is 0. The summed E-state index contributed by atoms with van der Waals surface area (Å²) < 4.78 is 0. The van der Waals surface area contributed by atoms with Gasteiger partial charge in [-0.25, -0.2) is 0 Å². The van der Waals surface area contributed by atoms with E-state index in [1.807, 2.05) is 0 Å². The Hall–Kier alpha value is 0.250. The lowest BCUT2D eigenvalue weighted by atomic mass is 9.69. The van der Waals surface area contributed by atoms with E-state index in [0.717, 1.165) is 5.92 Å². The minimum absolute atomic E-state index is 0. The van der Waals surface area contributed by atoms with Gasteiger partial charge in [0, 0.05) is 6.04 Å². The molecule has 2 rings (SSSR count). The molecule has 2 bridgehead atoms. The zero-order chi connectivity index (χ0) is 8.28. The molecule has 1 unspecified atom stereocenters. The Morgan fingerprint density at radius 1 is 1.25 bits per heavy atom. The van der Waals surface area contributed by atoms with E-state index in [1.54, 1.807) is 0 Å². The summed E-state index contributed by atoms with van der Waals surface area (Å²) in [7, 11) is 0. The van der Waals surface area contributed by atoms with Crippen LogP contribution in [-0.4, -0.2) is 6.04 Å². The number of nitrogens with two attached hydrogens (primary N) is 1. The van der Waals surface area contributed by atoms with Gasteiger partial charge < -0.3 is 5.73 Å². The number of fused-ring (bicyclic) bond motifs is 2. The van der Waals surface area contributed by atoms with Crippen LogP contribution >= 0.6 is 12.4 Å². The molecule has 0 aliphatic heterocycles. The highest BCUT2D eigenvalue weighted by Gasteiger charge is 2.57. The molecule has 2 N–H and O–H groups in total. The molecule has 2 aliphatic rings. The Balaban J connectivity index is 0.000000720. The average molecular weight is 190 g/mol. The molecule has 2 saturated carbocycles. The highest BCUT2D eigenvalue weighted by molar-refractivity contribution is 5.85. The first-order valence-corrected chi connectivity index (χ1v) is 4.72. The van der Waals surface area contributed by atoms with Gasteiger partial charge in [-0.15, -0.1) is 12.4 Å². The monoisotopic (exact) mass is 189 g/mol. The van der Waals surface area contributed by atoms with E-state index in [0.29, 0.717) is 16.9 Å². The van der Waals surface area contributed by atoms with Crippen molar-refractivity contribution in [2.45, 2.75) is 46.1 Å². The van der Waals surface area contributed by atoms with Gasteiger partial charge in [0.15, 0.2) is 0 Å². The van der Waals surface area contributed by atoms with E-state index >= 15 is 0 Å².